The van der Waals surface area contributed by atoms with Crippen molar-refractivity contribution >= 4 is 27.6 Å². The quantitative estimate of drug-likeness (QED) is 0.558. The fourth-order valence-corrected chi connectivity index (χ4v) is 6.16. The SMILES string of the molecule is CC1CN(c2ncccc2C(=O)NS(=O)(=O)c2cccc(N3Cc4ccc(F)cc4C3)n2)C(C)(C)C1. The minimum Gasteiger partial charge on any atom is -0.351 e. The van der Waals surface area contributed by atoms with Crippen LogP contribution >= 0.6 is 0 Å². The Hall–Kier alpha value is -3.53. The maximum absolute atomic E-state index is 13.6. The second-order valence-electron chi connectivity index (χ2n) is 10.1. The van der Waals surface area contributed by atoms with E-state index in [2.05, 4.69) is 40.4 Å². The Morgan fingerprint density at radius 1 is 1.11 bits per heavy atom. The van der Waals surface area contributed by atoms with Crippen molar-refractivity contribution in [2.75, 3.05) is 16.3 Å². The summed E-state index contributed by atoms with van der Waals surface area (Å²) in [6, 6.07) is 12.4. The van der Waals surface area contributed by atoms with Crippen LogP contribution in [0, 0.1) is 11.7 Å². The van der Waals surface area contributed by atoms with Gasteiger partial charge in [-0.25, -0.2) is 19.1 Å². The second-order valence-corrected chi connectivity index (χ2v) is 11.8. The van der Waals surface area contributed by atoms with E-state index in [0.717, 1.165) is 24.1 Å². The van der Waals surface area contributed by atoms with Gasteiger partial charge in [-0.15, -0.1) is 0 Å². The molecule has 1 atom stereocenters. The lowest BCUT2D eigenvalue weighted by Gasteiger charge is -2.33. The van der Waals surface area contributed by atoms with Crippen molar-refractivity contribution in [1.82, 2.24) is 14.7 Å². The minimum atomic E-state index is -4.26. The zero-order valence-electron chi connectivity index (χ0n) is 20.4. The normalized spacial score (nSPS) is 18.8. The van der Waals surface area contributed by atoms with Crippen LogP contribution in [0.25, 0.3) is 0 Å². The van der Waals surface area contributed by atoms with Crippen LogP contribution in [0.3, 0.4) is 0 Å². The van der Waals surface area contributed by atoms with Crippen molar-refractivity contribution in [3.8, 4) is 0 Å². The van der Waals surface area contributed by atoms with Crippen molar-refractivity contribution in [1.29, 1.82) is 0 Å². The monoisotopic (exact) mass is 509 g/mol. The van der Waals surface area contributed by atoms with Crippen LogP contribution in [-0.2, 0) is 23.1 Å². The summed E-state index contributed by atoms with van der Waals surface area (Å²) in [6.45, 7) is 7.94. The van der Waals surface area contributed by atoms with Gasteiger partial charge in [0.25, 0.3) is 15.9 Å². The van der Waals surface area contributed by atoms with Crippen LogP contribution in [0.1, 0.15) is 48.7 Å². The minimum absolute atomic E-state index is 0.191. The summed E-state index contributed by atoms with van der Waals surface area (Å²) in [7, 11) is -4.26. The Kier molecular flexibility index (Phi) is 5.94. The molecule has 2 aliphatic heterocycles. The van der Waals surface area contributed by atoms with E-state index >= 15 is 0 Å². The van der Waals surface area contributed by atoms with Crippen molar-refractivity contribution in [3.05, 3.63) is 77.2 Å². The number of nitrogens with one attached hydrogen (secondary N) is 1. The topological polar surface area (TPSA) is 95.5 Å². The molecule has 1 unspecified atom stereocenters. The molecule has 1 saturated heterocycles. The molecule has 188 valence electrons. The number of sulfonamides is 1. The van der Waals surface area contributed by atoms with Gasteiger partial charge in [0.15, 0.2) is 5.03 Å². The number of pyridine rings is 2. The van der Waals surface area contributed by atoms with Crippen LogP contribution in [0.15, 0.2) is 59.8 Å². The summed E-state index contributed by atoms with van der Waals surface area (Å²) in [5, 5.41) is -0.268. The number of carbonyl (C=O) groups excluding carboxylic acids is 1. The lowest BCUT2D eigenvalue weighted by atomic mass is 9.97. The van der Waals surface area contributed by atoms with E-state index in [1.165, 1.54) is 18.2 Å². The Bertz CT molecular complexity index is 1440. The van der Waals surface area contributed by atoms with E-state index in [1.807, 2.05) is 4.90 Å². The molecular formula is C26H28FN5O3S. The molecule has 1 aromatic carbocycles. The van der Waals surface area contributed by atoms with Crippen molar-refractivity contribution in [2.24, 2.45) is 5.92 Å². The first-order valence-corrected chi connectivity index (χ1v) is 13.3. The van der Waals surface area contributed by atoms with Gasteiger partial charge in [-0.3, -0.25) is 4.79 Å². The molecule has 4 heterocycles. The van der Waals surface area contributed by atoms with Gasteiger partial charge in [0.05, 0.1) is 5.56 Å². The predicted molar refractivity (Wildman–Crippen MR) is 135 cm³/mol. The van der Waals surface area contributed by atoms with Gasteiger partial charge in [0.2, 0.25) is 0 Å². The molecule has 8 nitrogen and oxygen atoms in total. The molecule has 3 aromatic rings. The highest BCUT2D eigenvalue weighted by molar-refractivity contribution is 7.90. The molecular weight excluding hydrogens is 481 g/mol. The molecule has 0 aliphatic carbocycles. The zero-order valence-corrected chi connectivity index (χ0v) is 21.2. The van der Waals surface area contributed by atoms with E-state index < -0.39 is 15.9 Å². The smallest absolute Gasteiger partial charge is 0.281 e. The van der Waals surface area contributed by atoms with Gasteiger partial charge >= 0.3 is 0 Å². The van der Waals surface area contributed by atoms with Gasteiger partial charge < -0.3 is 9.80 Å². The molecule has 1 amide bonds. The van der Waals surface area contributed by atoms with Gasteiger partial charge in [0.1, 0.15) is 17.5 Å². The average molecular weight is 510 g/mol. The highest BCUT2D eigenvalue weighted by Gasteiger charge is 2.39. The molecule has 5 rings (SSSR count). The van der Waals surface area contributed by atoms with Gasteiger partial charge in [0, 0.05) is 31.4 Å². The Labute approximate surface area is 210 Å². The number of fused-ring (bicyclic) bond motifs is 1. The van der Waals surface area contributed by atoms with Crippen LogP contribution in [-0.4, -0.2) is 36.4 Å². The maximum atomic E-state index is 13.6. The molecule has 2 aromatic heterocycles. The lowest BCUT2D eigenvalue weighted by molar-refractivity contribution is 0.0981. The van der Waals surface area contributed by atoms with Gasteiger partial charge in [-0.2, -0.15) is 8.42 Å². The van der Waals surface area contributed by atoms with Crippen molar-refractivity contribution < 1.29 is 17.6 Å². The molecule has 0 spiro atoms. The average Bonchev–Trinajstić information content (AvgIpc) is 3.37. The number of carbonyl (C=O) groups is 1. The number of halogens is 1. The molecule has 1 N–H and O–H groups in total. The first kappa shape index (κ1) is 24.2. The molecule has 10 heteroatoms. The summed E-state index contributed by atoms with van der Waals surface area (Å²) >= 11 is 0. The molecule has 0 bridgehead atoms. The fourth-order valence-electron chi connectivity index (χ4n) is 5.23. The standard InChI is InChI=1S/C26H28FN5O3S/c1-17-13-26(2,3)32(14-17)24-21(6-5-11-28-24)25(33)30-36(34,35)23-8-4-7-22(29-23)31-15-18-9-10-20(27)12-19(18)16-31/h4-12,17H,13-16H2,1-3H3,(H,30,33). The highest BCUT2D eigenvalue weighted by Crippen LogP contribution is 2.37. The summed E-state index contributed by atoms with van der Waals surface area (Å²) < 4.78 is 42.1. The zero-order chi connectivity index (χ0) is 25.7. The summed E-state index contributed by atoms with van der Waals surface area (Å²) in [6.07, 6.45) is 2.54. The molecule has 0 saturated carbocycles. The van der Waals surface area contributed by atoms with E-state index in [9.17, 15) is 17.6 Å². The van der Waals surface area contributed by atoms with Crippen LogP contribution in [0.5, 0.6) is 0 Å². The van der Waals surface area contributed by atoms with Crippen LogP contribution in [0.2, 0.25) is 0 Å². The highest BCUT2D eigenvalue weighted by atomic mass is 32.2. The number of hydrogen-bond donors (Lipinski definition) is 1. The van der Waals surface area contributed by atoms with Crippen LogP contribution in [0.4, 0.5) is 16.0 Å². The lowest BCUT2D eigenvalue weighted by Crippen LogP contribution is -2.41. The third-order valence-corrected chi connectivity index (χ3v) is 8.02. The number of aromatic nitrogens is 2. The number of anilines is 2. The molecule has 0 radical (unpaired) electrons. The predicted octanol–water partition coefficient (Wildman–Crippen LogP) is 3.88. The summed E-state index contributed by atoms with van der Waals surface area (Å²) in [5.74, 6) is 0.232. The Morgan fingerprint density at radius 3 is 2.64 bits per heavy atom. The number of nitrogens with zero attached hydrogens (tertiary/aromatic N) is 4. The Morgan fingerprint density at radius 2 is 1.89 bits per heavy atom. The number of hydrogen-bond acceptors (Lipinski definition) is 7. The second kappa shape index (κ2) is 8.85. The van der Waals surface area contributed by atoms with E-state index in [4.69, 9.17) is 0 Å². The first-order valence-electron chi connectivity index (χ1n) is 11.8. The molecule has 2 aliphatic rings. The molecule has 1 fully saturated rings. The van der Waals surface area contributed by atoms with E-state index in [-0.39, 0.29) is 21.9 Å². The maximum Gasteiger partial charge on any atom is 0.281 e. The van der Waals surface area contributed by atoms with Gasteiger partial charge in [-0.1, -0.05) is 19.1 Å². The third-order valence-electron chi connectivity index (χ3n) is 6.79. The fraction of sp³-hybridized carbons (Fsp3) is 0.346. The van der Waals surface area contributed by atoms with Crippen molar-refractivity contribution in [2.45, 2.75) is 50.8 Å². The summed E-state index contributed by atoms with van der Waals surface area (Å²) in [4.78, 5) is 25.9. The number of rotatable bonds is 5. The molecule has 36 heavy (non-hydrogen) atoms. The van der Waals surface area contributed by atoms with E-state index in [0.29, 0.717) is 30.6 Å². The van der Waals surface area contributed by atoms with E-state index in [1.54, 1.807) is 36.5 Å². The first-order chi connectivity index (χ1) is 17.0. The van der Waals surface area contributed by atoms with Crippen molar-refractivity contribution in [3.63, 3.8) is 0 Å². The van der Waals surface area contributed by atoms with Crippen LogP contribution < -0.4 is 14.5 Å². The number of benzene rings is 1. The summed E-state index contributed by atoms with van der Waals surface area (Å²) in [5.41, 5.74) is 1.77. The van der Waals surface area contributed by atoms with Gasteiger partial charge in [-0.05, 0) is 73.7 Å². The third kappa shape index (κ3) is 4.53. The number of amides is 1. The largest absolute Gasteiger partial charge is 0.351 e. The Balaban J connectivity index is 1.38.